The first kappa shape index (κ1) is 8.24. The van der Waals surface area contributed by atoms with Crippen LogP contribution >= 0.6 is 0 Å². The molecule has 0 heterocycles. The van der Waals surface area contributed by atoms with Gasteiger partial charge in [0, 0.05) is 12.2 Å². The van der Waals surface area contributed by atoms with Crippen molar-refractivity contribution in [2.45, 2.75) is 19.9 Å². The van der Waals surface area contributed by atoms with E-state index in [1.807, 2.05) is 13.8 Å². The predicted molar refractivity (Wildman–Crippen MR) is 40.5 cm³/mol. The van der Waals surface area contributed by atoms with E-state index in [1.165, 1.54) is 0 Å². The molecule has 2 N–H and O–H groups in total. The van der Waals surface area contributed by atoms with Crippen molar-refractivity contribution >= 4 is 0 Å². The van der Waals surface area contributed by atoms with Crippen molar-refractivity contribution in [3.05, 3.63) is 24.9 Å². The van der Waals surface area contributed by atoms with Crippen LogP contribution in [0.1, 0.15) is 13.8 Å². The summed E-state index contributed by atoms with van der Waals surface area (Å²) in [6, 6.07) is 0.348. The lowest BCUT2D eigenvalue weighted by molar-refractivity contribution is 0.323. The zero-order valence-electron chi connectivity index (χ0n) is 6.04. The van der Waals surface area contributed by atoms with E-state index in [0.29, 0.717) is 6.04 Å². The van der Waals surface area contributed by atoms with Crippen LogP contribution in [-0.4, -0.2) is 11.1 Å². The number of nitrogens with zero attached hydrogens (tertiary/aromatic N) is 1. The Hall–Kier alpha value is -0.760. The molecule has 0 unspecified atom stereocenters. The van der Waals surface area contributed by atoms with Gasteiger partial charge in [-0.1, -0.05) is 12.7 Å². The molecule has 2 heteroatoms. The summed E-state index contributed by atoms with van der Waals surface area (Å²) in [4.78, 5) is 0. The van der Waals surface area contributed by atoms with Gasteiger partial charge in [0.15, 0.2) is 0 Å². The van der Waals surface area contributed by atoms with Gasteiger partial charge in [0.2, 0.25) is 0 Å². The molecule has 0 amide bonds. The fourth-order valence-corrected chi connectivity index (χ4v) is 0.332. The molecule has 0 aromatic heterocycles. The number of hydrazine groups is 1. The van der Waals surface area contributed by atoms with E-state index in [2.05, 4.69) is 6.58 Å². The molecular formula is C7H14N2. The van der Waals surface area contributed by atoms with E-state index in [4.69, 9.17) is 5.84 Å². The molecule has 0 aromatic carbocycles. The molecule has 9 heavy (non-hydrogen) atoms. The van der Waals surface area contributed by atoms with E-state index in [1.54, 1.807) is 23.4 Å². The molecule has 0 aromatic rings. The predicted octanol–water partition coefficient (Wildman–Crippen LogP) is 1.27. The van der Waals surface area contributed by atoms with Crippen LogP contribution in [0.5, 0.6) is 0 Å². The monoisotopic (exact) mass is 126 g/mol. The summed E-state index contributed by atoms with van der Waals surface area (Å²) in [6.07, 6.45) is 5.29. The molecule has 0 aliphatic carbocycles. The Morgan fingerprint density at radius 2 is 2.11 bits per heavy atom. The van der Waals surface area contributed by atoms with Crippen LogP contribution in [0.4, 0.5) is 0 Å². The number of hydrogen-bond acceptors (Lipinski definition) is 2. The molecule has 0 atom stereocenters. The van der Waals surface area contributed by atoms with E-state index in [9.17, 15) is 0 Å². The highest BCUT2D eigenvalue weighted by Gasteiger charge is 1.93. The van der Waals surface area contributed by atoms with Crippen LogP contribution < -0.4 is 5.84 Å². The molecule has 0 aliphatic heterocycles. The fraction of sp³-hybridized carbons (Fsp3) is 0.429. The van der Waals surface area contributed by atoms with Crippen molar-refractivity contribution in [2.75, 3.05) is 0 Å². The standard InChI is InChI=1S/C7H14N2/c1-4-5-6-9(8)7(2)3/h4-7H,1,8H2,2-3H3. The van der Waals surface area contributed by atoms with Gasteiger partial charge in [0.05, 0.1) is 0 Å². The van der Waals surface area contributed by atoms with E-state index in [0.717, 1.165) is 0 Å². The van der Waals surface area contributed by atoms with Gasteiger partial charge in [0.25, 0.3) is 0 Å². The summed E-state index contributed by atoms with van der Waals surface area (Å²) in [6.45, 7) is 7.57. The Morgan fingerprint density at radius 1 is 1.56 bits per heavy atom. The van der Waals surface area contributed by atoms with Crippen LogP contribution in [-0.2, 0) is 0 Å². The minimum atomic E-state index is 0.348. The quantitative estimate of drug-likeness (QED) is 0.350. The third kappa shape index (κ3) is 3.79. The minimum absolute atomic E-state index is 0.348. The molecule has 2 nitrogen and oxygen atoms in total. The topological polar surface area (TPSA) is 29.3 Å². The van der Waals surface area contributed by atoms with Crippen LogP contribution in [0, 0.1) is 0 Å². The molecule has 52 valence electrons. The molecule has 0 aliphatic rings. The van der Waals surface area contributed by atoms with Gasteiger partial charge in [-0.3, -0.25) is 0 Å². The Kier molecular flexibility index (Phi) is 3.80. The lowest BCUT2D eigenvalue weighted by Crippen LogP contribution is -2.31. The summed E-state index contributed by atoms with van der Waals surface area (Å²) in [5.41, 5.74) is 0. The fourth-order valence-electron chi connectivity index (χ4n) is 0.332. The Morgan fingerprint density at radius 3 is 2.44 bits per heavy atom. The number of allylic oxidation sites excluding steroid dienone is 2. The van der Waals surface area contributed by atoms with E-state index >= 15 is 0 Å². The van der Waals surface area contributed by atoms with E-state index < -0.39 is 0 Å². The van der Waals surface area contributed by atoms with Crippen molar-refractivity contribution in [3.8, 4) is 0 Å². The second-order valence-corrected chi connectivity index (χ2v) is 2.12. The Bertz CT molecular complexity index is 105. The first-order valence-electron chi connectivity index (χ1n) is 3.00. The second-order valence-electron chi connectivity index (χ2n) is 2.12. The van der Waals surface area contributed by atoms with Crippen molar-refractivity contribution in [2.24, 2.45) is 5.84 Å². The maximum absolute atomic E-state index is 5.50. The number of nitrogens with two attached hydrogens (primary N) is 1. The molecule has 0 rings (SSSR count). The highest BCUT2D eigenvalue weighted by Crippen LogP contribution is 1.89. The third-order valence-corrected chi connectivity index (χ3v) is 0.991. The van der Waals surface area contributed by atoms with Gasteiger partial charge >= 0.3 is 0 Å². The summed E-state index contributed by atoms with van der Waals surface area (Å²) in [5.74, 6) is 5.50. The highest BCUT2D eigenvalue weighted by atomic mass is 15.4. The SMILES string of the molecule is C=CC=CN(N)C(C)C. The van der Waals surface area contributed by atoms with Gasteiger partial charge < -0.3 is 5.01 Å². The molecule has 0 fully saturated rings. The summed E-state index contributed by atoms with van der Waals surface area (Å²) < 4.78 is 0. The summed E-state index contributed by atoms with van der Waals surface area (Å²) >= 11 is 0. The Balaban J connectivity index is 3.61. The summed E-state index contributed by atoms with van der Waals surface area (Å²) in [7, 11) is 0. The van der Waals surface area contributed by atoms with Gasteiger partial charge in [-0.2, -0.15) is 0 Å². The van der Waals surface area contributed by atoms with Crippen molar-refractivity contribution in [1.82, 2.24) is 5.01 Å². The molecule has 0 radical (unpaired) electrons. The largest absolute Gasteiger partial charge is 0.316 e. The van der Waals surface area contributed by atoms with Crippen molar-refractivity contribution in [1.29, 1.82) is 0 Å². The molecule has 0 saturated heterocycles. The first-order chi connectivity index (χ1) is 4.18. The zero-order chi connectivity index (χ0) is 7.28. The molecule has 0 bridgehead atoms. The highest BCUT2D eigenvalue weighted by molar-refractivity contribution is 4.96. The molecule has 0 saturated carbocycles. The average molecular weight is 126 g/mol. The van der Waals surface area contributed by atoms with Gasteiger partial charge in [-0.25, -0.2) is 5.84 Å². The van der Waals surface area contributed by atoms with Crippen LogP contribution in [0.2, 0.25) is 0 Å². The molecule has 0 spiro atoms. The lowest BCUT2D eigenvalue weighted by Gasteiger charge is -2.16. The van der Waals surface area contributed by atoms with Crippen LogP contribution in [0.25, 0.3) is 0 Å². The van der Waals surface area contributed by atoms with Gasteiger partial charge in [-0.15, -0.1) is 0 Å². The van der Waals surface area contributed by atoms with E-state index in [-0.39, 0.29) is 0 Å². The number of rotatable bonds is 3. The maximum Gasteiger partial charge on any atom is 0.0389 e. The zero-order valence-corrected chi connectivity index (χ0v) is 6.04. The van der Waals surface area contributed by atoms with Crippen LogP contribution in [0.15, 0.2) is 24.9 Å². The van der Waals surface area contributed by atoms with Crippen molar-refractivity contribution < 1.29 is 0 Å². The minimum Gasteiger partial charge on any atom is -0.316 e. The first-order valence-corrected chi connectivity index (χ1v) is 3.00. The third-order valence-electron chi connectivity index (χ3n) is 0.991. The number of hydrogen-bond donors (Lipinski definition) is 1. The average Bonchev–Trinajstić information content (AvgIpc) is 1.82. The van der Waals surface area contributed by atoms with Crippen molar-refractivity contribution in [3.63, 3.8) is 0 Å². The smallest absolute Gasteiger partial charge is 0.0389 e. The van der Waals surface area contributed by atoms with Gasteiger partial charge in [0.1, 0.15) is 0 Å². The maximum atomic E-state index is 5.50. The van der Waals surface area contributed by atoms with Crippen LogP contribution in [0.3, 0.4) is 0 Å². The molecular weight excluding hydrogens is 112 g/mol. The normalized spacial score (nSPS) is 10.7. The summed E-state index contributed by atoms with van der Waals surface area (Å²) in [5, 5.41) is 1.63. The second kappa shape index (κ2) is 4.15. The lowest BCUT2D eigenvalue weighted by atomic mass is 10.4. The van der Waals surface area contributed by atoms with Gasteiger partial charge in [-0.05, 0) is 19.9 Å². The Labute approximate surface area is 56.6 Å².